The highest BCUT2D eigenvalue weighted by Gasteiger charge is 2.20. The van der Waals surface area contributed by atoms with Gasteiger partial charge in [-0.05, 0) is 30.5 Å². The predicted octanol–water partition coefficient (Wildman–Crippen LogP) is 3.09. The molecule has 2 N–H and O–H groups in total. The van der Waals surface area contributed by atoms with E-state index >= 15 is 0 Å². The third-order valence-corrected chi connectivity index (χ3v) is 3.54. The summed E-state index contributed by atoms with van der Waals surface area (Å²) in [4.78, 5) is 0. The van der Waals surface area contributed by atoms with E-state index in [9.17, 15) is 5.11 Å². The van der Waals surface area contributed by atoms with Gasteiger partial charge < -0.3 is 10.4 Å². The smallest absolute Gasteiger partial charge is 0.0766 e. The summed E-state index contributed by atoms with van der Waals surface area (Å²) in [5, 5.41) is 13.4. The first-order chi connectivity index (χ1) is 7.59. The number of hydrogen-bond donors (Lipinski definition) is 2. The van der Waals surface area contributed by atoms with Crippen molar-refractivity contribution in [2.75, 3.05) is 6.54 Å². The summed E-state index contributed by atoms with van der Waals surface area (Å²) < 4.78 is 1.09. The molecule has 1 aromatic carbocycles. The first-order valence-corrected chi connectivity index (χ1v) is 6.56. The molecule has 0 saturated heterocycles. The Hall–Kier alpha value is -0.380. The molecular formula is C13H20BrNO. The molecule has 1 rings (SSSR count). The normalized spacial score (nSPS) is 11.8. The second-order valence-corrected chi connectivity index (χ2v) is 5.08. The van der Waals surface area contributed by atoms with Crippen molar-refractivity contribution in [1.29, 1.82) is 0 Å². The van der Waals surface area contributed by atoms with Crippen LogP contribution < -0.4 is 5.32 Å². The molecule has 0 saturated carbocycles. The Morgan fingerprint density at radius 2 is 1.75 bits per heavy atom. The van der Waals surface area contributed by atoms with Crippen molar-refractivity contribution in [2.45, 2.75) is 38.8 Å². The Kier molecular flexibility index (Phi) is 5.46. The van der Waals surface area contributed by atoms with E-state index in [1.54, 1.807) is 0 Å². The maximum absolute atomic E-state index is 10.1. The molecule has 0 bridgehead atoms. The number of hydrogen-bond acceptors (Lipinski definition) is 2. The van der Waals surface area contributed by atoms with Crippen LogP contribution in [0.25, 0.3) is 0 Å². The van der Waals surface area contributed by atoms with E-state index in [1.807, 2.05) is 26.0 Å². The lowest BCUT2D eigenvalue weighted by Gasteiger charge is -2.25. The fourth-order valence-electron chi connectivity index (χ4n) is 1.54. The molecule has 1 aromatic rings. The summed E-state index contributed by atoms with van der Waals surface area (Å²) in [5.74, 6) is 0. The van der Waals surface area contributed by atoms with E-state index in [0.717, 1.165) is 23.9 Å². The van der Waals surface area contributed by atoms with E-state index in [4.69, 9.17) is 0 Å². The van der Waals surface area contributed by atoms with E-state index in [0.29, 0.717) is 6.54 Å². The van der Waals surface area contributed by atoms with Crippen molar-refractivity contribution in [2.24, 2.45) is 0 Å². The van der Waals surface area contributed by atoms with Crippen molar-refractivity contribution in [3.63, 3.8) is 0 Å². The van der Waals surface area contributed by atoms with E-state index in [1.165, 1.54) is 5.56 Å². The van der Waals surface area contributed by atoms with E-state index < -0.39 is 5.60 Å². The maximum atomic E-state index is 10.1. The largest absolute Gasteiger partial charge is 0.389 e. The van der Waals surface area contributed by atoms with Gasteiger partial charge in [0.05, 0.1) is 5.60 Å². The van der Waals surface area contributed by atoms with Gasteiger partial charge in [0, 0.05) is 17.6 Å². The molecule has 0 aliphatic heterocycles. The summed E-state index contributed by atoms with van der Waals surface area (Å²) in [5.41, 5.74) is 0.674. The first-order valence-electron chi connectivity index (χ1n) is 5.77. The lowest BCUT2D eigenvalue weighted by Crippen LogP contribution is -2.39. The molecule has 0 aromatic heterocycles. The molecule has 90 valence electrons. The summed E-state index contributed by atoms with van der Waals surface area (Å²) >= 11 is 3.41. The zero-order valence-corrected chi connectivity index (χ0v) is 11.5. The van der Waals surface area contributed by atoms with Gasteiger partial charge in [0.2, 0.25) is 0 Å². The maximum Gasteiger partial charge on any atom is 0.0766 e. The molecular weight excluding hydrogens is 266 g/mol. The minimum atomic E-state index is -0.560. The van der Waals surface area contributed by atoms with Gasteiger partial charge in [-0.15, -0.1) is 0 Å². The molecule has 0 fully saturated rings. The van der Waals surface area contributed by atoms with Gasteiger partial charge in [-0.2, -0.15) is 0 Å². The fourth-order valence-corrected chi connectivity index (χ4v) is 1.81. The Morgan fingerprint density at radius 3 is 2.25 bits per heavy atom. The van der Waals surface area contributed by atoms with E-state index in [-0.39, 0.29) is 0 Å². The summed E-state index contributed by atoms with van der Waals surface area (Å²) in [6.45, 7) is 5.49. The average molecular weight is 286 g/mol. The van der Waals surface area contributed by atoms with Crippen LogP contribution in [0.5, 0.6) is 0 Å². The molecule has 0 atom stereocenters. The van der Waals surface area contributed by atoms with Crippen LogP contribution in [-0.2, 0) is 6.54 Å². The molecule has 3 heteroatoms. The third-order valence-electron chi connectivity index (χ3n) is 3.01. The Balaban J connectivity index is 2.38. The summed E-state index contributed by atoms with van der Waals surface area (Å²) in [6, 6.07) is 8.22. The number of halogens is 1. The molecule has 0 spiro atoms. The molecule has 0 heterocycles. The highest BCUT2D eigenvalue weighted by atomic mass is 79.9. The van der Waals surface area contributed by atoms with Crippen molar-refractivity contribution in [3.05, 3.63) is 34.3 Å². The highest BCUT2D eigenvalue weighted by molar-refractivity contribution is 9.10. The summed E-state index contributed by atoms with van der Waals surface area (Å²) in [7, 11) is 0. The van der Waals surface area contributed by atoms with Crippen LogP contribution in [-0.4, -0.2) is 17.3 Å². The van der Waals surface area contributed by atoms with Crippen LogP contribution in [0.2, 0.25) is 0 Å². The SMILES string of the molecule is CCC(O)(CC)CNCc1ccc(Br)cc1. The third kappa shape index (κ3) is 4.24. The summed E-state index contributed by atoms with van der Waals surface area (Å²) in [6.07, 6.45) is 1.58. The van der Waals surface area contributed by atoms with Crippen molar-refractivity contribution in [3.8, 4) is 0 Å². The Labute approximate surface area is 106 Å². The Bertz CT molecular complexity index is 306. The van der Waals surface area contributed by atoms with Crippen LogP contribution >= 0.6 is 15.9 Å². The molecule has 0 aliphatic rings. The van der Waals surface area contributed by atoms with Crippen molar-refractivity contribution >= 4 is 15.9 Å². The Morgan fingerprint density at radius 1 is 1.19 bits per heavy atom. The second-order valence-electron chi connectivity index (χ2n) is 4.16. The first kappa shape index (κ1) is 13.7. The van der Waals surface area contributed by atoms with Crippen LogP contribution in [0.4, 0.5) is 0 Å². The monoisotopic (exact) mass is 285 g/mol. The van der Waals surface area contributed by atoms with E-state index in [2.05, 4.69) is 33.4 Å². The van der Waals surface area contributed by atoms with Gasteiger partial charge in [-0.25, -0.2) is 0 Å². The van der Waals surface area contributed by atoms with Gasteiger partial charge in [0.25, 0.3) is 0 Å². The minimum absolute atomic E-state index is 0.560. The number of benzene rings is 1. The number of aliphatic hydroxyl groups is 1. The topological polar surface area (TPSA) is 32.3 Å². The molecule has 0 aliphatic carbocycles. The van der Waals surface area contributed by atoms with Crippen molar-refractivity contribution < 1.29 is 5.11 Å². The zero-order valence-electron chi connectivity index (χ0n) is 9.96. The molecule has 0 amide bonds. The molecule has 0 radical (unpaired) electrons. The number of rotatable bonds is 6. The van der Waals surface area contributed by atoms with Crippen LogP contribution in [0.15, 0.2) is 28.7 Å². The predicted molar refractivity (Wildman–Crippen MR) is 71.4 cm³/mol. The quantitative estimate of drug-likeness (QED) is 0.842. The average Bonchev–Trinajstić information content (AvgIpc) is 2.31. The van der Waals surface area contributed by atoms with Crippen LogP contribution in [0.3, 0.4) is 0 Å². The zero-order chi connectivity index (χ0) is 12.0. The van der Waals surface area contributed by atoms with Gasteiger partial charge in [0.1, 0.15) is 0 Å². The standard InChI is InChI=1S/C13H20BrNO/c1-3-13(16,4-2)10-15-9-11-5-7-12(14)8-6-11/h5-8,15-16H,3-4,9-10H2,1-2H3. The highest BCUT2D eigenvalue weighted by Crippen LogP contribution is 2.14. The van der Waals surface area contributed by atoms with Crippen molar-refractivity contribution in [1.82, 2.24) is 5.32 Å². The van der Waals surface area contributed by atoms with Gasteiger partial charge in [0.15, 0.2) is 0 Å². The molecule has 16 heavy (non-hydrogen) atoms. The van der Waals surface area contributed by atoms with Crippen LogP contribution in [0.1, 0.15) is 32.3 Å². The lowest BCUT2D eigenvalue weighted by atomic mass is 9.97. The van der Waals surface area contributed by atoms with Gasteiger partial charge >= 0.3 is 0 Å². The second kappa shape index (κ2) is 6.38. The molecule has 0 unspecified atom stereocenters. The fraction of sp³-hybridized carbons (Fsp3) is 0.538. The van der Waals surface area contributed by atoms with Crippen LogP contribution in [0, 0.1) is 0 Å². The molecule has 2 nitrogen and oxygen atoms in total. The van der Waals surface area contributed by atoms with Gasteiger partial charge in [-0.1, -0.05) is 41.9 Å². The van der Waals surface area contributed by atoms with Gasteiger partial charge in [-0.3, -0.25) is 0 Å². The minimum Gasteiger partial charge on any atom is -0.389 e. The number of nitrogens with one attached hydrogen (secondary N) is 1. The lowest BCUT2D eigenvalue weighted by molar-refractivity contribution is 0.0323.